The first-order chi connectivity index (χ1) is 7.87. The van der Waals surface area contributed by atoms with Gasteiger partial charge in [-0.05, 0) is 24.0 Å². The number of nitrogens with one attached hydrogen (secondary N) is 1. The molecule has 0 amide bonds. The third-order valence-corrected chi connectivity index (χ3v) is 4.17. The Labute approximate surface area is 108 Å². The van der Waals surface area contributed by atoms with Gasteiger partial charge in [-0.2, -0.15) is 0 Å². The van der Waals surface area contributed by atoms with Gasteiger partial charge in [-0.1, -0.05) is 32.0 Å². The molecule has 0 bridgehead atoms. The van der Waals surface area contributed by atoms with Crippen molar-refractivity contribution >= 4 is 21.6 Å². The Morgan fingerprint density at radius 1 is 1.24 bits per heavy atom. The van der Waals surface area contributed by atoms with Gasteiger partial charge in [0, 0.05) is 12.4 Å². The maximum atomic E-state index is 11.9. The molecule has 1 aromatic carbocycles. The van der Waals surface area contributed by atoms with Crippen LogP contribution < -0.4 is 4.72 Å². The maximum Gasteiger partial charge on any atom is 0.240 e. The van der Waals surface area contributed by atoms with Crippen molar-refractivity contribution in [3.8, 4) is 0 Å². The van der Waals surface area contributed by atoms with E-state index >= 15 is 0 Å². The molecule has 0 heterocycles. The minimum absolute atomic E-state index is 0.135. The van der Waals surface area contributed by atoms with Crippen LogP contribution in [-0.4, -0.2) is 20.8 Å². The van der Waals surface area contributed by atoms with Crippen molar-refractivity contribution < 1.29 is 8.42 Å². The quantitative estimate of drug-likeness (QED) is 0.811. The van der Waals surface area contributed by atoms with Crippen LogP contribution >= 0.6 is 11.6 Å². The molecule has 5 heteroatoms. The summed E-state index contributed by atoms with van der Waals surface area (Å²) in [6.07, 6.45) is 0.770. The Bertz CT molecular complexity index is 443. The van der Waals surface area contributed by atoms with Crippen LogP contribution in [0.25, 0.3) is 0 Å². The van der Waals surface area contributed by atoms with E-state index in [0.29, 0.717) is 17.3 Å². The molecule has 0 aliphatic heterocycles. The summed E-state index contributed by atoms with van der Waals surface area (Å²) >= 11 is 5.68. The minimum atomic E-state index is -3.40. The number of benzene rings is 1. The molecule has 0 fully saturated rings. The van der Waals surface area contributed by atoms with E-state index in [9.17, 15) is 8.42 Å². The van der Waals surface area contributed by atoms with Crippen LogP contribution in [0.3, 0.4) is 0 Å². The summed E-state index contributed by atoms with van der Waals surface area (Å²) in [7, 11) is -3.40. The predicted molar refractivity (Wildman–Crippen MR) is 70.7 cm³/mol. The van der Waals surface area contributed by atoms with Gasteiger partial charge in [0.25, 0.3) is 0 Å². The van der Waals surface area contributed by atoms with Crippen molar-refractivity contribution in [1.82, 2.24) is 4.72 Å². The molecule has 1 N–H and O–H groups in total. The van der Waals surface area contributed by atoms with Crippen LogP contribution in [0.1, 0.15) is 20.3 Å². The lowest BCUT2D eigenvalue weighted by molar-refractivity contribution is 0.352. The fourth-order valence-corrected chi connectivity index (χ4v) is 3.09. The summed E-state index contributed by atoms with van der Waals surface area (Å²) in [6, 6.07) is 8.36. The van der Waals surface area contributed by atoms with Crippen molar-refractivity contribution in [2.45, 2.75) is 25.2 Å². The molecule has 0 atom stereocenters. The highest BCUT2D eigenvalue weighted by Crippen LogP contribution is 2.20. The lowest BCUT2D eigenvalue weighted by Crippen LogP contribution is -2.34. The number of rotatable bonds is 6. The topological polar surface area (TPSA) is 46.2 Å². The van der Waals surface area contributed by atoms with E-state index in [1.54, 1.807) is 30.3 Å². The Morgan fingerprint density at radius 2 is 1.82 bits per heavy atom. The smallest absolute Gasteiger partial charge is 0.211 e. The fourth-order valence-electron chi connectivity index (χ4n) is 1.32. The molecule has 1 rings (SSSR count). The summed E-state index contributed by atoms with van der Waals surface area (Å²) in [6.45, 7) is 4.36. The van der Waals surface area contributed by atoms with Crippen molar-refractivity contribution in [2.75, 3.05) is 12.4 Å². The van der Waals surface area contributed by atoms with Gasteiger partial charge in [-0.3, -0.25) is 0 Å². The number of halogens is 1. The molecule has 96 valence electrons. The third kappa shape index (κ3) is 4.66. The molecular weight excluding hydrogens is 258 g/mol. The van der Waals surface area contributed by atoms with E-state index in [2.05, 4.69) is 4.72 Å². The molecule has 0 unspecified atom stereocenters. The third-order valence-electron chi connectivity index (χ3n) is 2.57. The van der Waals surface area contributed by atoms with Gasteiger partial charge < -0.3 is 0 Å². The molecule has 0 aromatic heterocycles. The van der Waals surface area contributed by atoms with Gasteiger partial charge in [-0.25, -0.2) is 13.1 Å². The summed E-state index contributed by atoms with van der Waals surface area (Å²) in [5, 5.41) is 0. The zero-order chi connectivity index (χ0) is 12.9. The lowest BCUT2D eigenvalue weighted by atomic mass is 9.91. The first-order valence-electron chi connectivity index (χ1n) is 5.48. The SMILES string of the molecule is CC(C)(CCCl)CNS(=O)(=O)c1ccccc1. The average molecular weight is 276 g/mol. The zero-order valence-electron chi connectivity index (χ0n) is 10.1. The molecule has 0 radical (unpaired) electrons. The first-order valence-corrected chi connectivity index (χ1v) is 7.50. The second kappa shape index (κ2) is 5.85. The van der Waals surface area contributed by atoms with Crippen molar-refractivity contribution in [2.24, 2.45) is 5.41 Å². The second-order valence-corrected chi connectivity index (χ2v) is 6.89. The zero-order valence-corrected chi connectivity index (χ0v) is 11.7. The number of sulfonamides is 1. The molecule has 0 aliphatic carbocycles. The van der Waals surface area contributed by atoms with E-state index in [0.717, 1.165) is 6.42 Å². The summed E-state index contributed by atoms with van der Waals surface area (Å²) in [4.78, 5) is 0.293. The lowest BCUT2D eigenvalue weighted by Gasteiger charge is -2.23. The molecule has 0 saturated heterocycles. The predicted octanol–water partition coefficient (Wildman–Crippen LogP) is 2.62. The van der Waals surface area contributed by atoms with Crippen LogP contribution in [0.15, 0.2) is 35.2 Å². The Morgan fingerprint density at radius 3 is 2.35 bits per heavy atom. The molecular formula is C12H18ClNO2S. The highest BCUT2D eigenvalue weighted by molar-refractivity contribution is 7.89. The molecule has 1 aromatic rings. The normalized spacial score (nSPS) is 12.6. The van der Waals surface area contributed by atoms with Gasteiger partial charge in [0.2, 0.25) is 10.0 Å². The van der Waals surface area contributed by atoms with Gasteiger partial charge in [0.15, 0.2) is 0 Å². The fraction of sp³-hybridized carbons (Fsp3) is 0.500. The summed E-state index contributed by atoms with van der Waals surface area (Å²) in [5.74, 6) is 0.528. The molecule has 0 aliphatic rings. The van der Waals surface area contributed by atoms with Gasteiger partial charge in [-0.15, -0.1) is 11.6 Å². The van der Waals surface area contributed by atoms with Crippen LogP contribution in [0, 0.1) is 5.41 Å². The molecule has 17 heavy (non-hydrogen) atoms. The first kappa shape index (κ1) is 14.5. The Balaban J connectivity index is 2.69. The van der Waals surface area contributed by atoms with E-state index in [1.807, 2.05) is 13.8 Å². The van der Waals surface area contributed by atoms with Crippen molar-refractivity contribution in [1.29, 1.82) is 0 Å². The summed E-state index contributed by atoms with van der Waals surface area (Å²) in [5.41, 5.74) is -0.135. The van der Waals surface area contributed by atoms with E-state index in [4.69, 9.17) is 11.6 Å². The van der Waals surface area contributed by atoms with Crippen LogP contribution in [0.2, 0.25) is 0 Å². The Hall–Kier alpha value is -0.580. The molecule has 0 spiro atoms. The van der Waals surface area contributed by atoms with Gasteiger partial charge in [0.1, 0.15) is 0 Å². The van der Waals surface area contributed by atoms with Crippen molar-refractivity contribution in [3.63, 3.8) is 0 Å². The number of hydrogen-bond donors (Lipinski definition) is 1. The van der Waals surface area contributed by atoms with E-state index in [1.165, 1.54) is 0 Å². The largest absolute Gasteiger partial charge is 0.240 e. The van der Waals surface area contributed by atoms with Crippen molar-refractivity contribution in [3.05, 3.63) is 30.3 Å². The average Bonchev–Trinajstić information content (AvgIpc) is 2.28. The molecule has 0 saturated carbocycles. The number of alkyl halides is 1. The highest BCUT2D eigenvalue weighted by Gasteiger charge is 2.21. The monoisotopic (exact) mass is 275 g/mol. The summed E-state index contributed by atoms with van der Waals surface area (Å²) < 4.78 is 26.5. The standard InChI is InChI=1S/C12H18ClNO2S/c1-12(2,8-9-13)10-14-17(15,16)11-6-4-3-5-7-11/h3-7,14H,8-10H2,1-2H3. The van der Waals surface area contributed by atoms with E-state index in [-0.39, 0.29) is 5.41 Å². The van der Waals surface area contributed by atoms with Gasteiger partial charge in [0.05, 0.1) is 4.90 Å². The number of hydrogen-bond acceptors (Lipinski definition) is 2. The van der Waals surface area contributed by atoms with Crippen LogP contribution in [0.4, 0.5) is 0 Å². The maximum absolute atomic E-state index is 11.9. The van der Waals surface area contributed by atoms with Crippen LogP contribution in [0.5, 0.6) is 0 Å². The molecule has 3 nitrogen and oxygen atoms in total. The van der Waals surface area contributed by atoms with Crippen LogP contribution in [-0.2, 0) is 10.0 Å². The van der Waals surface area contributed by atoms with E-state index < -0.39 is 10.0 Å². The highest BCUT2D eigenvalue weighted by atomic mass is 35.5. The minimum Gasteiger partial charge on any atom is -0.211 e. The Kier molecular flexibility index (Phi) is 4.98. The second-order valence-electron chi connectivity index (χ2n) is 4.74. The van der Waals surface area contributed by atoms with Gasteiger partial charge >= 0.3 is 0 Å².